The molecule has 0 aliphatic carbocycles. The van der Waals surface area contributed by atoms with Crippen LogP contribution in [0.1, 0.15) is 17.2 Å². The number of aryl methyl sites for hydroxylation is 1. The molecule has 0 bridgehead atoms. The van der Waals surface area contributed by atoms with Gasteiger partial charge in [-0.1, -0.05) is 24.3 Å². The quantitative estimate of drug-likeness (QED) is 0.686. The lowest BCUT2D eigenvalue weighted by atomic mass is 10.00. The van der Waals surface area contributed by atoms with E-state index in [9.17, 15) is 4.79 Å². The fraction of sp³-hybridized carbons (Fsp3) is 0.364. The molecule has 2 rings (SSSR count). The first-order valence-corrected chi connectivity index (χ1v) is 4.85. The standard InChI is InChI=1S/C11H14N2O/c1-8-4-2-3-5-9(8)10-11(14)13-7-6-12-10/h2-5,10,12H,6-7H2,1H3,(H,13,14)/t10-/m0/s1. The number of benzene rings is 1. The van der Waals surface area contributed by atoms with Gasteiger partial charge in [-0.2, -0.15) is 0 Å². The van der Waals surface area contributed by atoms with Crippen LogP contribution in [0, 0.1) is 6.92 Å². The van der Waals surface area contributed by atoms with Crippen LogP contribution in [-0.4, -0.2) is 19.0 Å². The second-order valence-electron chi connectivity index (χ2n) is 3.53. The molecule has 1 heterocycles. The van der Waals surface area contributed by atoms with E-state index in [-0.39, 0.29) is 11.9 Å². The van der Waals surface area contributed by atoms with Crippen molar-refractivity contribution in [2.75, 3.05) is 13.1 Å². The molecule has 3 heteroatoms. The highest BCUT2D eigenvalue weighted by molar-refractivity contribution is 5.84. The van der Waals surface area contributed by atoms with Crippen molar-refractivity contribution >= 4 is 5.91 Å². The van der Waals surface area contributed by atoms with Crippen LogP contribution >= 0.6 is 0 Å². The van der Waals surface area contributed by atoms with Gasteiger partial charge in [-0.3, -0.25) is 4.79 Å². The van der Waals surface area contributed by atoms with E-state index < -0.39 is 0 Å². The van der Waals surface area contributed by atoms with Crippen molar-refractivity contribution in [3.05, 3.63) is 35.4 Å². The predicted octanol–water partition coefficient (Wildman–Crippen LogP) is 0.756. The van der Waals surface area contributed by atoms with Crippen molar-refractivity contribution in [2.24, 2.45) is 0 Å². The van der Waals surface area contributed by atoms with Crippen LogP contribution in [-0.2, 0) is 4.79 Å². The summed E-state index contributed by atoms with van der Waals surface area (Å²) in [5.74, 6) is 0.0746. The zero-order valence-electron chi connectivity index (χ0n) is 8.21. The van der Waals surface area contributed by atoms with Crippen LogP contribution in [0.3, 0.4) is 0 Å². The van der Waals surface area contributed by atoms with Crippen molar-refractivity contribution in [1.29, 1.82) is 0 Å². The summed E-state index contributed by atoms with van der Waals surface area (Å²) in [5, 5.41) is 6.07. The maximum Gasteiger partial charge on any atom is 0.241 e. The number of carbonyl (C=O) groups is 1. The molecule has 3 nitrogen and oxygen atoms in total. The maximum atomic E-state index is 11.6. The number of amides is 1. The van der Waals surface area contributed by atoms with Crippen molar-refractivity contribution in [2.45, 2.75) is 13.0 Å². The molecule has 0 unspecified atom stereocenters. The van der Waals surface area contributed by atoms with Gasteiger partial charge in [0, 0.05) is 13.1 Å². The van der Waals surface area contributed by atoms with Gasteiger partial charge < -0.3 is 10.6 Å². The SMILES string of the molecule is Cc1ccccc1[C@@H]1NCCNC1=O. The van der Waals surface area contributed by atoms with Gasteiger partial charge in [-0.15, -0.1) is 0 Å². The Morgan fingerprint density at radius 1 is 1.29 bits per heavy atom. The van der Waals surface area contributed by atoms with E-state index in [1.165, 1.54) is 0 Å². The molecule has 14 heavy (non-hydrogen) atoms. The Labute approximate surface area is 83.5 Å². The summed E-state index contributed by atoms with van der Waals surface area (Å²) in [5.41, 5.74) is 2.23. The van der Waals surface area contributed by atoms with Gasteiger partial charge in [0.15, 0.2) is 0 Å². The predicted molar refractivity (Wildman–Crippen MR) is 54.9 cm³/mol. The van der Waals surface area contributed by atoms with Gasteiger partial charge in [0.25, 0.3) is 0 Å². The molecule has 2 N–H and O–H groups in total. The second kappa shape index (κ2) is 3.80. The summed E-state index contributed by atoms with van der Waals surface area (Å²) in [6.07, 6.45) is 0. The maximum absolute atomic E-state index is 11.6. The highest BCUT2D eigenvalue weighted by Crippen LogP contribution is 2.18. The van der Waals surface area contributed by atoms with Crippen molar-refractivity contribution in [3.63, 3.8) is 0 Å². The lowest BCUT2D eigenvalue weighted by Crippen LogP contribution is -2.47. The third kappa shape index (κ3) is 1.63. The van der Waals surface area contributed by atoms with Gasteiger partial charge in [-0.25, -0.2) is 0 Å². The first-order valence-electron chi connectivity index (χ1n) is 4.85. The van der Waals surface area contributed by atoms with E-state index in [1.54, 1.807) is 0 Å². The van der Waals surface area contributed by atoms with E-state index in [0.717, 1.165) is 24.2 Å². The molecule has 1 aromatic carbocycles. The molecule has 0 radical (unpaired) electrons. The molecule has 1 aromatic rings. The van der Waals surface area contributed by atoms with Crippen LogP contribution in [0.25, 0.3) is 0 Å². The zero-order chi connectivity index (χ0) is 9.97. The first-order chi connectivity index (χ1) is 6.79. The van der Waals surface area contributed by atoms with Gasteiger partial charge in [-0.05, 0) is 18.1 Å². The van der Waals surface area contributed by atoms with E-state index in [0.29, 0.717) is 0 Å². The summed E-state index contributed by atoms with van der Waals surface area (Å²) in [6, 6.07) is 7.80. The molecule has 1 amide bonds. The summed E-state index contributed by atoms with van der Waals surface area (Å²) in [7, 11) is 0. The Kier molecular flexibility index (Phi) is 2.50. The van der Waals surface area contributed by atoms with Gasteiger partial charge >= 0.3 is 0 Å². The monoisotopic (exact) mass is 190 g/mol. The smallest absolute Gasteiger partial charge is 0.241 e. The molecule has 0 aromatic heterocycles. The number of hydrogen-bond donors (Lipinski definition) is 2. The van der Waals surface area contributed by atoms with Gasteiger partial charge in [0.2, 0.25) is 5.91 Å². The van der Waals surface area contributed by atoms with Crippen LogP contribution in [0.2, 0.25) is 0 Å². The highest BCUT2D eigenvalue weighted by Gasteiger charge is 2.23. The summed E-state index contributed by atoms with van der Waals surface area (Å²) >= 11 is 0. The number of carbonyl (C=O) groups excluding carboxylic acids is 1. The Balaban J connectivity index is 2.29. The summed E-state index contributed by atoms with van der Waals surface area (Å²) < 4.78 is 0. The summed E-state index contributed by atoms with van der Waals surface area (Å²) in [4.78, 5) is 11.6. The fourth-order valence-electron chi connectivity index (χ4n) is 1.76. The normalized spacial score (nSPS) is 21.8. The minimum absolute atomic E-state index is 0.0746. The van der Waals surface area contributed by atoms with E-state index in [2.05, 4.69) is 10.6 Å². The molecular weight excluding hydrogens is 176 g/mol. The first kappa shape index (κ1) is 9.21. The fourth-order valence-corrected chi connectivity index (χ4v) is 1.76. The topological polar surface area (TPSA) is 41.1 Å². The van der Waals surface area contributed by atoms with Gasteiger partial charge in [0.1, 0.15) is 6.04 Å². The third-order valence-corrected chi connectivity index (χ3v) is 2.53. The Hall–Kier alpha value is -1.35. The van der Waals surface area contributed by atoms with Crippen molar-refractivity contribution in [1.82, 2.24) is 10.6 Å². The minimum atomic E-state index is -0.176. The molecule has 1 fully saturated rings. The van der Waals surface area contributed by atoms with Gasteiger partial charge in [0.05, 0.1) is 0 Å². The second-order valence-corrected chi connectivity index (χ2v) is 3.53. The van der Waals surface area contributed by atoms with Crippen LogP contribution in [0.4, 0.5) is 0 Å². The minimum Gasteiger partial charge on any atom is -0.353 e. The molecule has 1 aliphatic heterocycles. The largest absolute Gasteiger partial charge is 0.353 e. The Morgan fingerprint density at radius 3 is 2.79 bits per heavy atom. The van der Waals surface area contributed by atoms with E-state index >= 15 is 0 Å². The zero-order valence-corrected chi connectivity index (χ0v) is 8.21. The van der Waals surface area contributed by atoms with Crippen LogP contribution in [0.15, 0.2) is 24.3 Å². The van der Waals surface area contributed by atoms with E-state index in [4.69, 9.17) is 0 Å². The number of hydrogen-bond acceptors (Lipinski definition) is 2. The Morgan fingerprint density at radius 2 is 2.07 bits per heavy atom. The van der Waals surface area contributed by atoms with Crippen LogP contribution in [0.5, 0.6) is 0 Å². The molecule has 0 spiro atoms. The molecule has 1 saturated heterocycles. The van der Waals surface area contributed by atoms with Crippen molar-refractivity contribution in [3.8, 4) is 0 Å². The number of rotatable bonds is 1. The highest BCUT2D eigenvalue weighted by atomic mass is 16.2. The number of nitrogens with one attached hydrogen (secondary N) is 2. The molecule has 0 saturated carbocycles. The lowest BCUT2D eigenvalue weighted by molar-refractivity contribution is -0.124. The molecule has 1 aliphatic rings. The molecule has 1 atom stereocenters. The van der Waals surface area contributed by atoms with Crippen molar-refractivity contribution < 1.29 is 4.79 Å². The molecule has 74 valence electrons. The third-order valence-electron chi connectivity index (χ3n) is 2.53. The lowest BCUT2D eigenvalue weighted by Gasteiger charge is -2.24. The summed E-state index contributed by atoms with van der Waals surface area (Å²) in [6.45, 7) is 3.59. The van der Waals surface area contributed by atoms with E-state index in [1.807, 2.05) is 31.2 Å². The molecular formula is C11H14N2O. The average molecular weight is 190 g/mol. The number of piperazine rings is 1. The Bertz CT molecular complexity index is 349. The average Bonchev–Trinajstić information content (AvgIpc) is 2.20. The van der Waals surface area contributed by atoms with Crippen LogP contribution < -0.4 is 10.6 Å².